The number of nitrogens with one attached hydrogen (secondary N) is 3. The van der Waals surface area contributed by atoms with Crippen molar-refractivity contribution in [2.75, 3.05) is 39.7 Å². The van der Waals surface area contributed by atoms with Gasteiger partial charge in [-0.1, -0.05) is 12.6 Å². The van der Waals surface area contributed by atoms with Crippen LogP contribution in [0.25, 0.3) is 0 Å². The molecule has 1 aliphatic heterocycles. The second-order valence-electron chi connectivity index (χ2n) is 7.37. The lowest BCUT2D eigenvalue weighted by molar-refractivity contribution is -0.111. The molecule has 1 amide bonds. The molecule has 0 saturated heterocycles. The molecule has 3 N–H and O–H groups in total. The number of nitrogens with zero attached hydrogens (tertiary/aromatic N) is 3. The topological polar surface area (TPSA) is 124 Å². The highest BCUT2D eigenvalue weighted by Gasteiger charge is 2.25. The Hall–Kier alpha value is -4.19. The number of benzene rings is 2. The van der Waals surface area contributed by atoms with Crippen molar-refractivity contribution in [3.05, 3.63) is 66.8 Å². The summed E-state index contributed by atoms with van der Waals surface area (Å²) in [6.45, 7) is 8.51. The average molecular weight is 501 g/mol. The summed E-state index contributed by atoms with van der Waals surface area (Å²) in [7, 11) is -3.51. The number of amides is 1. The fourth-order valence-corrected chi connectivity index (χ4v) is 4.06. The maximum absolute atomic E-state index is 14.3. The second kappa shape index (κ2) is 10.8. The van der Waals surface area contributed by atoms with Crippen LogP contribution >= 0.6 is 0 Å². The molecule has 10 nitrogen and oxygen atoms in total. The number of fused-ring (bicyclic) bond motifs is 1. The van der Waals surface area contributed by atoms with Crippen LogP contribution < -0.4 is 25.0 Å². The average Bonchev–Trinajstić information content (AvgIpc) is 2.82. The number of sulfonamides is 1. The van der Waals surface area contributed by atoms with Gasteiger partial charge in [-0.15, -0.1) is 0 Å². The van der Waals surface area contributed by atoms with E-state index in [1.165, 1.54) is 11.2 Å². The summed E-state index contributed by atoms with van der Waals surface area (Å²) in [6, 6.07) is 11.4. The molecule has 2 aromatic rings. The molecule has 0 aliphatic carbocycles. The smallest absolute Gasteiger partial charge is 0.247 e. The summed E-state index contributed by atoms with van der Waals surface area (Å²) in [6.07, 6.45) is 2.25. The standard InChI is InChI=1S/C23H25FN6O4S/c1-5-21(31)26-16-7-6-8-17(13-16)27-22(15(2)24)29-23(25-3)28-18-9-10-20-19(14-18)30(11-12-34-20)35(4,32)33/h5-10,13-14,27H,1,3,11-12H2,2,4H3,(H,26,31)(H,28,29)/b22-15+. The SMILES string of the molecule is C=CC(=O)Nc1cccc(N/C(N=C(N=C)Nc2ccc3c(c2)N(S(C)(=O)=O)CCO3)=C(/C)F)c1. The third-order valence-electron chi connectivity index (χ3n) is 4.71. The van der Waals surface area contributed by atoms with Crippen molar-refractivity contribution in [2.45, 2.75) is 6.92 Å². The lowest BCUT2D eigenvalue weighted by atomic mass is 10.2. The van der Waals surface area contributed by atoms with Crippen LogP contribution in [0.1, 0.15) is 6.92 Å². The largest absolute Gasteiger partial charge is 0.489 e. The number of allylic oxidation sites excluding steroid dienone is 1. The Balaban J connectivity index is 1.85. The normalized spacial score (nSPS) is 14.1. The molecule has 0 aromatic heterocycles. The molecule has 1 heterocycles. The van der Waals surface area contributed by atoms with Crippen molar-refractivity contribution in [2.24, 2.45) is 9.98 Å². The van der Waals surface area contributed by atoms with E-state index in [9.17, 15) is 17.6 Å². The van der Waals surface area contributed by atoms with Gasteiger partial charge in [0.05, 0.1) is 18.5 Å². The number of hydrogen-bond donors (Lipinski definition) is 3. The number of hydrogen-bond acceptors (Lipinski definition) is 6. The number of carbonyl (C=O) groups is 1. The Morgan fingerprint density at radius 3 is 2.46 bits per heavy atom. The number of ether oxygens (including phenoxy) is 1. The minimum absolute atomic E-state index is 0.0387. The third-order valence-corrected chi connectivity index (χ3v) is 5.89. The summed E-state index contributed by atoms with van der Waals surface area (Å²) in [5.41, 5.74) is 1.74. The van der Waals surface area contributed by atoms with E-state index in [0.29, 0.717) is 28.5 Å². The summed E-state index contributed by atoms with van der Waals surface area (Å²) >= 11 is 0. The first kappa shape index (κ1) is 25.4. The van der Waals surface area contributed by atoms with E-state index in [0.717, 1.165) is 12.3 Å². The first-order valence-electron chi connectivity index (χ1n) is 10.3. The van der Waals surface area contributed by atoms with Gasteiger partial charge in [0.15, 0.2) is 5.82 Å². The van der Waals surface area contributed by atoms with Gasteiger partial charge in [-0.3, -0.25) is 9.10 Å². The molecule has 0 unspecified atom stereocenters. The van der Waals surface area contributed by atoms with E-state index in [4.69, 9.17) is 4.74 Å². The molecule has 2 aromatic carbocycles. The van der Waals surface area contributed by atoms with Gasteiger partial charge < -0.3 is 20.7 Å². The molecule has 0 fully saturated rings. The van der Waals surface area contributed by atoms with Crippen molar-refractivity contribution in [1.29, 1.82) is 0 Å². The maximum Gasteiger partial charge on any atom is 0.247 e. The minimum Gasteiger partial charge on any atom is -0.489 e. The van der Waals surface area contributed by atoms with E-state index >= 15 is 0 Å². The molecule has 0 spiro atoms. The van der Waals surface area contributed by atoms with Crippen LogP contribution in [0.15, 0.2) is 76.8 Å². The van der Waals surface area contributed by atoms with Crippen molar-refractivity contribution in [3.8, 4) is 5.75 Å². The molecule has 0 radical (unpaired) electrons. The highest BCUT2D eigenvalue weighted by Crippen LogP contribution is 2.35. The Kier molecular flexibility index (Phi) is 7.87. The van der Waals surface area contributed by atoms with E-state index in [-0.39, 0.29) is 30.8 Å². The van der Waals surface area contributed by atoms with E-state index < -0.39 is 15.9 Å². The predicted molar refractivity (Wildman–Crippen MR) is 137 cm³/mol. The summed E-state index contributed by atoms with van der Waals surface area (Å²) < 4.78 is 45.4. The van der Waals surface area contributed by atoms with Gasteiger partial charge in [0.25, 0.3) is 0 Å². The van der Waals surface area contributed by atoms with E-state index in [1.54, 1.807) is 42.5 Å². The molecular formula is C23H25FN6O4S. The van der Waals surface area contributed by atoms with Crippen molar-refractivity contribution < 1.29 is 22.3 Å². The Bertz CT molecular complexity index is 1320. The zero-order valence-electron chi connectivity index (χ0n) is 19.2. The van der Waals surface area contributed by atoms with E-state index in [2.05, 4.69) is 39.2 Å². The van der Waals surface area contributed by atoms with Gasteiger partial charge in [0, 0.05) is 17.1 Å². The highest BCUT2D eigenvalue weighted by molar-refractivity contribution is 7.92. The molecule has 184 valence electrons. The van der Waals surface area contributed by atoms with Crippen molar-refractivity contribution in [3.63, 3.8) is 0 Å². The number of carbonyl (C=O) groups excluding carboxylic acids is 1. The van der Waals surface area contributed by atoms with Crippen LogP contribution in [-0.2, 0) is 14.8 Å². The zero-order chi connectivity index (χ0) is 25.6. The van der Waals surface area contributed by atoms with Crippen molar-refractivity contribution in [1.82, 2.24) is 0 Å². The van der Waals surface area contributed by atoms with Crippen LogP contribution in [-0.4, -0.2) is 46.4 Å². The number of aliphatic imine (C=N–C) groups is 2. The Labute approximate surface area is 203 Å². The Morgan fingerprint density at radius 1 is 1.14 bits per heavy atom. The van der Waals surface area contributed by atoms with Gasteiger partial charge in [0.1, 0.15) is 18.2 Å². The molecule has 0 atom stereocenters. The van der Waals surface area contributed by atoms with Crippen LogP contribution in [0, 0.1) is 0 Å². The summed E-state index contributed by atoms with van der Waals surface area (Å²) in [5.74, 6) is -0.780. The summed E-state index contributed by atoms with van der Waals surface area (Å²) in [4.78, 5) is 19.5. The first-order chi connectivity index (χ1) is 16.6. The van der Waals surface area contributed by atoms with Gasteiger partial charge >= 0.3 is 0 Å². The van der Waals surface area contributed by atoms with Gasteiger partial charge in [-0.25, -0.2) is 17.8 Å². The first-order valence-corrected chi connectivity index (χ1v) is 12.2. The predicted octanol–water partition coefficient (Wildman–Crippen LogP) is 3.71. The van der Waals surface area contributed by atoms with Crippen LogP contribution in [0.4, 0.5) is 27.1 Å². The maximum atomic E-state index is 14.3. The lowest BCUT2D eigenvalue weighted by Crippen LogP contribution is -2.37. The fourth-order valence-electron chi connectivity index (χ4n) is 3.15. The Morgan fingerprint density at radius 2 is 1.83 bits per heavy atom. The lowest BCUT2D eigenvalue weighted by Gasteiger charge is -2.29. The minimum atomic E-state index is -3.51. The van der Waals surface area contributed by atoms with E-state index in [1.807, 2.05) is 0 Å². The third kappa shape index (κ3) is 6.67. The molecule has 12 heteroatoms. The molecule has 3 rings (SSSR count). The number of guanidine groups is 1. The quantitative estimate of drug-likeness (QED) is 0.302. The summed E-state index contributed by atoms with van der Waals surface area (Å²) in [5, 5.41) is 8.36. The molecule has 1 aliphatic rings. The molecule has 0 saturated carbocycles. The van der Waals surface area contributed by atoms with Gasteiger partial charge in [-0.2, -0.15) is 4.99 Å². The van der Waals surface area contributed by atoms with Crippen LogP contribution in [0.2, 0.25) is 0 Å². The number of rotatable bonds is 7. The highest BCUT2D eigenvalue weighted by atomic mass is 32.2. The van der Waals surface area contributed by atoms with Crippen LogP contribution in [0.3, 0.4) is 0 Å². The van der Waals surface area contributed by atoms with Gasteiger partial charge in [-0.05, 0) is 56.1 Å². The van der Waals surface area contributed by atoms with Gasteiger partial charge in [0.2, 0.25) is 21.9 Å². The monoisotopic (exact) mass is 500 g/mol. The zero-order valence-corrected chi connectivity index (χ0v) is 20.0. The molecule has 0 bridgehead atoms. The van der Waals surface area contributed by atoms with Crippen LogP contribution in [0.5, 0.6) is 5.75 Å². The number of halogens is 1. The number of anilines is 4. The van der Waals surface area contributed by atoms with Crippen molar-refractivity contribution >= 4 is 51.4 Å². The fraction of sp³-hybridized carbons (Fsp3) is 0.174. The second-order valence-corrected chi connectivity index (χ2v) is 9.27. The molecular weight excluding hydrogens is 475 g/mol. The molecule has 35 heavy (non-hydrogen) atoms.